The molecular formula is C14H31NNaO3S. The van der Waals surface area contributed by atoms with Gasteiger partial charge in [-0.2, -0.15) is 8.42 Å². The summed E-state index contributed by atoms with van der Waals surface area (Å²) in [5, 5.41) is 4.72. The standard InChI is InChI=1S/C14H31NO3S.Na/c1-2-3-4-5-6-7-8-9-10-11-12-13-14-18-19(15,16)17;/h2-14H2,1H3,(H2,15,16,17);. The first-order valence-corrected chi connectivity index (χ1v) is 9.20. The summed E-state index contributed by atoms with van der Waals surface area (Å²) in [6, 6.07) is 0. The maximum absolute atomic E-state index is 10.5. The third kappa shape index (κ3) is 21.2. The predicted molar refractivity (Wildman–Crippen MR) is 85.9 cm³/mol. The van der Waals surface area contributed by atoms with Crippen molar-refractivity contribution in [1.82, 2.24) is 0 Å². The van der Waals surface area contributed by atoms with Crippen LogP contribution in [0.15, 0.2) is 0 Å². The van der Waals surface area contributed by atoms with Crippen molar-refractivity contribution < 1.29 is 12.6 Å². The minimum Gasteiger partial charge on any atom is -0.258 e. The average Bonchev–Trinajstić information content (AvgIpc) is 2.34. The van der Waals surface area contributed by atoms with Gasteiger partial charge in [0.2, 0.25) is 0 Å². The van der Waals surface area contributed by atoms with E-state index in [9.17, 15) is 8.42 Å². The molecule has 0 unspecified atom stereocenters. The Morgan fingerprint density at radius 1 is 0.750 bits per heavy atom. The molecule has 0 aliphatic heterocycles. The fraction of sp³-hybridized carbons (Fsp3) is 1.00. The molecule has 0 bridgehead atoms. The van der Waals surface area contributed by atoms with Gasteiger partial charge >= 0.3 is 10.3 Å². The summed E-state index contributed by atoms with van der Waals surface area (Å²) in [6.07, 6.45) is 15.0. The minimum atomic E-state index is -3.74. The van der Waals surface area contributed by atoms with Gasteiger partial charge < -0.3 is 0 Å². The van der Waals surface area contributed by atoms with Crippen molar-refractivity contribution in [3.63, 3.8) is 0 Å². The summed E-state index contributed by atoms with van der Waals surface area (Å²) < 4.78 is 25.4. The smallest absolute Gasteiger partial charge is 0.258 e. The molecule has 0 aromatic heterocycles. The maximum Gasteiger partial charge on any atom is 0.333 e. The van der Waals surface area contributed by atoms with Gasteiger partial charge in [-0.25, -0.2) is 5.14 Å². The van der Waals surface area contributed by atoms with E-state index in [1.807, 2.05) is 0 Å². The zero-order valence-electron chi connectivity index (χ0n) is 13.4. The summed E-state index contributed by atoms with van der Waals surface area (Å²) in [5.74, 6) is 0. The van der Waals surface area contributed by atoms with E-state index in [0.29, 0.717) is 0 Å². The molecule has 0 spiro atoms. The monoisotopic (exact) mass is 316 g/mol. The Balaban J connectivity index is 0. The normalized spacial score (nSPS) is 11.3. The molecule has 0 atom stereocenters. The van der Waals surface area contributed by atoms with Gasteiger partial charge in [-0.05, 0) is 6.42 Å². The Morgan fingerprint density at radius 3 is 1.45 bits per heavy atom. The van der Waals surface area contributed by atoms with Gasteiger partial charge in [0.1, 0.15) is 0 Å². The van der Waals surface area contributed by atoms with Crippen molar-refractivity contribution in [3.05, 3.63) is 0 Å². The van der Waals surface area contributed by atoms with Crippen LogP contribution in [-0.2, 0) is 14.5 Å². The molecule has 0 aromatic rings. The first-order chi connectivity index (χ1) is 9.06. The molecule has 0 saturated heterocycles. The Kier molecular flexibility index (Phi) is 18.8. The second-order valence-electron chi connectivity index (χ2n) is 5.20. The molecule has 0 rings (SSSR count). The van der Waals surface area contributed by atoms with E-state index in [4.69, 9.17) is 5.14 Å². The van der Waals surface area contributed by atoms with Gasteiger partial charge in [0.15, 0.2) is 0 Å². The summed E-state index contributed by atoms with van der Waals surface area (Å²) in [7, 11) is -3.74. The maximum atomic E-state index is 10.5. The van der Waals surface area contributed by atoms with Crippen LogP contribution >= 0.6 is 0 Å². The Labute approximate surface area is 147 Å². The van der Waals surface area contributed by atoms with Gasteiger partial charge in [-0.15, -0.1) is 0 Å². The van der Waals surface area contributed by atoms with Crippen molar-refractivity contribution in [1.29, 1.82) is 0 Å². The number of unbranched alkanes of at least 4 members (excludes halogenated alkanes) is 11. The minimum absolute atomic E-state index is 0. The molecular weight excluding hydrogens is 285 g/mol. The molecule has 0 heterocycles. The fourth-order valence-corrected chi connectivity index (χ4v) is 2.47. The van der Waals surface area contributed by atoms with Crippen LogP contribution < -0.4 is 5.14 Å². The predicted octanol–water partition coefficient (Wildman–Crippen LogP) is 3.53. The van der Waals surface area contributed by atoms with Crippen LogP contribution in [0.5, 0.6) is 0 Å². The number of rotatable bonds is 14. The van der Waals surface area contributed by atoms with Gasteiger partial charge in [0.05, 0.1) is 6.61 Å². The van der Waals surface area contributed by atoms with E-state index in [2.05, 4.69) is 11.1 Å². The molecule has 0 fully saturated rings. The van der Waals surface area contributed by atoms with Gasteiger partial charge in [-0.1, -0.05) is 77.6 Å². The third-order valence-corrected chi connectivity index (χ3v) is 3.74. The van der Waals surface area contributed by atoms with E-state index < -0.39 is 10.3 Å². The van der Waals surface area contributed by atoms with Gasteiger partial charge in [-0.3, -0.25) is 4.18 Å². The summed E-state index contributed by atoms with van der Waals surface area (Å²) in [4.78, 5) is 0. The molecule has 4 nitrogen and oxygen atoms in total. The second kappa shape index (κ2) is 16.2. The molecule has 6 heteroatoms. The summed E-state index contributed by atoms with van der Waals surface area (Å²) in [6.45, 7) is 2.46. The first-order valence-electron chi connectivity index (χ1n) is 7.73. The molecule has 1 radical (unpaired) electrons. The van der Waals surface area contributed by atoms with Crippen molar-refractivity contribution in [2.75, 3.05) is 6.61 Å². The van der Waals surface area contributed by atoms with Crippen LogP contribution in [0, 0.1) is 0 Å². The van der Waals surface area contributed by atoms with Crippen molar-refractivity contribution in [2.45, 2.75) is 84.0 Å². The zero-order valence-corrected chi connectivity index (χ0v) is 16.2. The number of hydrogen-bond donors (Lipinski definition) is 1. The van der Waals surface area contributed by atoms with Crippen molar-refractivity contribution >= 4 is 39.9 Å². The van der Waals surface area contributed by atoms with Crippen LogP contribution in [0.4, 0.5) is 0 Å². The van der Waals surface area contributed by atoms with Gasteiger partial charge in [0.25, 0.3) is 0 Å². The topological polar surface area (TPSA) is 69.4 Å². The fourth-order valence-electron chi connectivity index (χ4n) is 2.12. The van der Waals surface area contributed by atoms with E-state index >= 15 is 0 Å². The third-order valence-electron chi connectivity index (χ3n) is 3.25. The van der Waals surface area contributed by atoms with Crippen molar-refractivity contribution in [2.24, 2.45) is 5.14 Å². The zero-order chi connectivity index (χ0) is 14.4. The van der Waals surface area contributed by atoms with Gasteiger partial charge in [0, 0.05) is 29.6 Å². The molecule has 20 heavy (non-hydrogen) atoms. The summed E-state index contributed by atoms with van der Waals surface area (Å²) >= 11 is 0. The SMILES string of the molecule is CCCCCCCCCCCCCCOS(N)(=O)=O.[Na]. The molecule has 0 saturated carbocycles. The number of nitrogens with two attached hydrogens (primary N) is 1. The van der Waals surface area contributed by atoms with Crippen molar-refractivity contribution in [3.8, 4) is 0 Å². The van der Waals surface area contributed by atoms with Crippen LogP contribution in [0.1, 0.15) is 84.0 Å². The second-order valence-corrected chi connectivity index (χ2v) is 6.43. The van der Waals surface area contributed by atoms with E-state index in [-0.39, 0.29) is 36.2 Å². The van der Waals surface area contributed by atoms with Crippen LogP contribution in [-0.4, -0.2) is 44.6 Å². The van der Waals surface area contributed by atoms with E-state index in [0.717, 1.165) is 19.3 Å². The molecule has 117 valence electrons. The Morgan fingerprint density at radius 2 is 1.10 bits per heavy atom. The molecule has 0 amide bonds. The van der Waals surface area contributed by atoms with Crippen LogP contribution in [0.25, 0.3) is 0 Å². The Bertz CT molecular complexity index is 284. The molecule has 2 N–H and O–H groups in total. The van der Waals surface area contributed by atoms with Crippen LogP contribution in [0.3, 0.4) is 0 Å². The Hall–Kier alpha value is 0.870. The number of hydrogen-bond acceptors (Lipinski definition) is 3. The first kappa shape index (κ1) is 23.1. The molecule has 0 aliphatic rings. The average molecular weight is 316 g/mol. The molecule has 0 aliphatic carbocycles. The van der Waals surface area contributed by atoms with E-state index in [1.165, 1.54) is 57.8 Å². The summed E-state index contributed by atoms with van der Waals surface area (Å²) in [5.41, 5.74) is 0. The largest absolute Gasteiger partial charge is 0.333 e. The van der Waals surface area contributed by atoms with Crippen LogP contribution in [0.2, 0.25) is 0 Å². The molecule has 0 aromatic carbocycles. The van der Waals surface area contributed by atoms with E-state index in [1.54, 1.807) is 0 Å². The quantitative estimate of drug-likeness (QED) is 0.394.